The Labute approximate surface area is 124 Å². The third-order valence-corrected chi connectivity index (χ3v) is 3.04. The Bertz CT molecular complexity index is 711. The SMILES string of the molecule is CC(C)COc1cccn(Cc2ccccc2C#N)c1=O. The molecule has 2 rings (SSSR count). The van der Waals surface area contributed by atoms with Gasteiger partial charge in [0.25, 0.3) is 5.56 Å². The highest BCUT2D eigenvalue weighted by atomic mass is 16.5. The molecule has 0 radical (unpaired) electrons. The van der Waals surface area contributed by atoms with Gasteiger partial charge in [0.15, 0.2) is 5.75 Å². The van der Waals surface area contributed by atoms with Gasteiger partial charge >= 0.3 is 0 Å². The van der Waals surface area contributed by atoms with E-state index < -0.39 is 0 Å². The zero-order valence-corrected chi connectivity index (χ0v) is 12.2. The zero-order chi connectivity index (χ0) is 15.2. The molecule has 0 saturated carbocycles. The molecule has 4 heteroatoms. The van der Waals surface area contributed by atoms with Crippen LogP contribution in [-0.2, 0) is 6.54 Å². The minimum Gasteiger partial charge on any atom is -0.488 e. The van der Waals surface area contributed by atoms with Gasteiger partial charge in [-0.15, -0.1) is 0 Å². The summed E-state index contributed by atoms with van der Waals surface area (Å²) in [4.78, 5) is 12.3. The second kappa shape index (κ2) is 6.76. The molecule has 1 aromatic heterocycles. The number of hydrogen-bond donors (Lipinski definition) is 0. The molecule has 0 bridgehead atoms. The fourth-order valence-corrected chi connectivity index (χ4v) is 1.96. The van der Waals surface area contributed by atoms with E-state index in [-0.39, 0.29) is 5.56 Å². The average molecular weight is 282 g/mol. The van der Waals surface area contributed by atoms with E-state index in [1.54, 1.807) is 29.0 Å². The largest absolute Gasteiger partial charge is 0.488 e. The molecular formula is C17H18N2O2. The topological polar surface area (TPSA) is 55.0 Å². The van der Waals surface area contributed by atoms with Crippen molar-refractivity contribution in [3.8, 4) is 11.8 Å². The van der Waals surface area contributed by atoms with E-state index in [1.807, 2.05) is 32.0 Å². The lowest BCUT2D eigenvalue weighted by molar-refractivity contribution is 0.266. The number of benzene rings is 1. The van der Waals surface area contributed by atoms with Gasteiger partial charge in [-0.25, -0.2) is 0 Å². The van der Waals surface area contributed by atoms with Crippen LogP contribution in [0.3, 0.4) is 0 Å². The lowest BCUT2D eigenvalue weighted by Gasteiger charge is -2.11. The van der Waals surface area contributed by atoms with Crippen molar-refractivity contribution in [3.05, 3.63) is 64.1 Å². The zero-order valence-electron chi connectivity index (χ0n) is 12.2. The summed E-state index contributed by atoms with van der Waals surface area (Å²) in [6.07, 6.45) is 1.71. The van der Waals surface area contributed by atoms with Crippen molar-refractivity contribution < 1.29 is 4.74 Å². The first-order valence-electron chi connectivity index (χ1n) is 6.92. The minimum absolute atomic E-state index is 0.175. The van der Waals surface area contributed by atoms with E-state index >= 15 is 0 Å². The molecule has 0 aliphatic heterocycles. The third-order valence-electron chi connectivity index (χ3n) is 3.04. The maximum atomic E-state index is 12.3. The fourth-order valence-electron chi connectivity index (χ4n) is 1.96. The Kier molecular flexibility index (Phi) is 4.78. The summed E-state index contributed by atoms with van der Waals surface area (Å²) in [5.74, 6) is 0.706. The van der Waals surface area contributed by atoms with Gasteiger partial charge in [0.1, 0.15) is 0 Å². The third kappa shape index (κ3) is 3.73. The van der Waals surface area contributed by atoms with Crippen LogP contribution < -0.4 is 10.3 Å². The van der Waals surface area contributed by atoms with Crippen molar-refractivity contribution >= 4 is 0 Å². The summed E-state index contributed by atoms with van der Waals surface area (Å²) in [7, 11) is 0. The molecule has 2 aromatic rings. The molecular weight excluding hydrogens is 264 g/mol. The predicted molar refractivity (Wildman–Crippen MR) is 81.3 cm³/mol. The predicted octanol–water partition coefficient (Wildman–Crippen LogP) is 2.80. The molecule has 0 aliphatic carbocycles. The van der Waals surface area contributed by atoms with Crippen LogP contribution in [0, 0.1) is 17.2 Å². The van der Waals surface area contributed by atoms with E-state index in [9.17, 15) is 4.79 Å². The van der Waals surface area contributed by atoms with Crippen LogP contribution in [0.1, 0.15) is 25.0 Å². The molecule has 0 spiro atoms. The molecule has 0 aliphatic rings. The Balaban J connectivity index is 2.27. The van der Waals surface area contributed by atoms with Gasteiger partial charge in [0, 0.05) is 6.20 Å². The van der Waals surface area contributed by atoms with Crippen LogP contribution in [0.5, 0.6) is 5.75 Å². The molecule has 1 heterocycles. The normalized spacial score (nSPS) is 10.4. The maximum absolute atomic E-state index is 12.3. The van der Waals surface area contributed by atoms with E-state index in [2.05, 4.69) is 6.07 Å². The van der Waals surface area contributed by atoms with Gasteiger partial charge in [-0.2, -0.15) is 5.26 Å². The van der Waals surface area contributed by atoms with Crippen molar-refractivity contribution in [1.29, 1.82) is 5.26 Å². The van der Waals surface area contributed by atoms with Gasteiger partial charge < -0.3 is 9.30 Å². The fraction of sp³-hybridized carbons (Fsp3) is 0.294. The van der Waals surface area contributed by atoms with Gasteiger partial charge in [0.05, 0.1) is 24.8 Å². The van der Waals surface area contributed by atoms with Crippen molar-refractivity contribution in [2.45, 2.75) is 20.4 Å². The van der Waals surface area contributed by atoms with Crippen LogP contribution in [-0.4, -0.2) is 11.2 Å². The van der Waals surface area contributed by atoms with Crippen molar-refractivity contribution in [3.63, 3.8) is 0 Å². The standard InChI is InChI=1S/C17H18N2O2/c1-13(2)12-21-16-8-5-9-19(17(16)20)11-15-7-4-3-6-14(15)10-18/h3-9,13H,11-12H2,1-2H3. The Hall–Kier alpha value is -2.54. The monoisotopic (exact) mass is 282 g/mol. The highest BCUT2D eigenvalue weighted by molar-refractivity contribution is 5.37. The van der Waals surface area contributed by atoms with Gasteiger partial charge in [-0.1, -0.05) is 32.0 Å². The number of pyridine rings is 1. The highest BCUT2D eigenvalue weighted by Crippen LogP contribution is 2.10. The summed E-state index contributed by atoms with van der Waals surface area (Å²) in [6, 6.07) is 12.9. The molecule has 0 amide bonds. The van der Waals surface area contributed by atoms with E-state index in [4.69, 9.17) is 10.00 Å². The Morgan fingerprint density at radius 3 is 2.71 bits per heavy atom. The molecule has 108 valence electrons. The maximum Gasteiger partial charge on any atom is 0.293 e. The molecule has 21 heavy (non-hydrogen) atoms. The highest BCUT2D eigenvalue weighted by Gasteiger charge is 2.07. The second-order valence-corrected chi connectivity index (χ2v) is 5.28. The van der Waals surface area contributed by atoms with Crippen LogP contribution in [0.15, 0.2) is 47.4 Å². The summed E-state index contributed by atoms with van der Waals surface area (Å²) >= 11 is 0. The summed E-state index contributed by atoms with van der Waals surface area (Å²) < 4.78 is 7.10. The Morgan fingerprint density at radius 2 is 2.00 bits per heavy atom. The van der Waals surface area contributed by atoms with Gasteiger partial charge in [-0.3, -0.25) is 4.79 Å². The van der Waals surface area contributed by atoms with Crippen LogP contribution >= 0.6 is 0 Å². The average Bonchev–Trinajstić information content (AvgIpc) is 2.48. The van der Waals surface area contributed by atoms with Crippen LogP contribution in [0.4, 0.5) is 0 Å². The minimum atomic E-state index is -0.175. The second-order valence-electron chi connectivity index (χ2n) is 5.28. The van der Waals surface area contributed by atoms with E-state index in [0.717, 1.165) is 5.56 Å². The van der Waals surface area contributed by atoms with E-state index in [0.29, 0.717) is 30.4 Å². The summed E-state index contributed by atoms with van der Waals surface area (Å²) in [5, 5.41) is 9.10. The van der Waals surface area contributed by atoms with E-state index in [1.165, 1.54) is 0 Å². The van der Waals surface area contributed by atoms with Crippen molar-refractivity contribution in [2.75, 3.05) is 6.61 Å². The summed E-state index contributed by atoms with van der Waals surface area (Å²) in [5.41, 5.74) is 1.23. The van der Waals surface area contributed by atoms with Gasteiger partial charge in [-0.05, 0) is 29.7 Å². The number of nitriles is 1. The first kappa shape index (κ1) is 14.9. The van der Waals surface area contributed by atoms with Crippen molar-refractivity contribution in [2.24, 2.45) is 5.92 Å². The molecule has 1 aromatic carbocycles. The lowest BCUT2D eigenvalue weighted by Crippen LogP contribution is -2.23. The van der Waals surface area contributed by atoms with Crippen LogP contribution in [0.25, 0.3) is 0 Å². The molecule has 0 unspecified atom stereocenters. The van der Waals surface area contributed by atoms with Crippen LogP contribution in [0.2, 0.25) is 0 Å². The summed E-state index contributed by atoms with van der Waals surface area (Å²) in [6.45, 7) is 4.94. The first-order valence-corrected chi connectivity index (χ1v) is 6.92. The molecule has 0 saturated heterocycles. The quantitative estimate of drug-likeness (QED) is 0.847. The number of rotatable bonds is 5. The number of hydrogen-bond acceptors (Lipinski definition) is 3. The number of ether oxygens (including phenoxy) is 1. The lowest BCUT2D eigenvalue weighted by atomic mass is 10.1. The smallest absolute Gasteiger partial charge is 0.293 e. The molecule has 0 N–H and O–H groups in total. The first-order chi connectivity index (χ1) is 10.1. The molecule has 4 nitrogen and oxygen atoms in total. The number of aromatic nitrogens is 1. The van der Waals surface area contributed by atoms with Crippen molar-refractivity contribution in [1.82, 2.24) is 4.57 Å². The van der Waals surface area contributed by atoms with Gasteiger partial charge in [0.2, 0.25) is 0 Å². The molecule has 0 atom stereocenters. The Morgan fingerprint density at radius 1 is 1.24 bits per heavy atom. The molecule has 0 fully saturated rings. The number of nitrogens with zero attached hydrogens (tertiary/aromatic N) is 2.